The molecule has 7 heteroatoms. The number of benzene rings is 1. The molecule has 3 rings (SSSR count). The predicted molar refractivity (Wildman–Crippen MR) is 90.8 cm³/mol. The Morgan fingerprint density at radius 3 is 2.74 bits per heavy atom. The number of hydrogen-bond acceptors (Lipinski definition) is 3. The third kappa shape index (κ3) is 3.79. The lowest BCUT2D eigenvalue weighted by atomic mass is 9.87. The van der Waals surface area contributed by atoms with E-state index in [0.29, 0.717) is 15.7 Å². The zero-order valence-corrected chi connectivity index (χ0v) is 14.1. The first-order valence-electron chi connectivity index (χ1n) is 7.85. The van der Waals surface area contributed by atoms with E-state index in [9.17, 15) is 9.59 Å². The number of hydrogen-bond donors (Lipinski definition) is 3. The Hall–Kier alpha value is -1.30. The molecule has 1 saturated heterocycles. The van der Waals surface area contributed by atoms with Gasteiger partial charge < -0.3 is 16.0 Å². The molecule has 124 valence electrons. The van der Waals surface area contributed by atoms with Crippen LogP contribution in [0.5, 0.6) is 0 Å². The number of fused-ring (bicyclic) bond motifs is 1. The van der Waals surface area contributed by atoms with Crippen LogP contribution in [0.4, 0.5) is 5.69 Å². The molecule has 0 aromatic heterocycles. The summed E-state index contributed by atoms with van der Waals surface area (Å²) >= 11 is 12.0. The van der Waals surface area contributed by atoms with Crippen LogP contribution in [-0.4, -0.2) is 29.9 Å². The average molecular weight is 356 g/mol. The Kier molecular flexibility index (Phi) is 5.09. The lowest BCUT2D eigenvalue weighted by Gasteiger charge is -2.40. The molecule has 23 heavy (non-hydrogen) atoms. The van der Waals surface area contributed by atoms with E-state index in [0.717, 1.165) is 25.7 Å². The van der Waals surface area contributed by atoms with Crippen LogP contribution in [0, 0.1) is 0 Å². The van der Waals surface area contributed by atoms with Crippen molar-refractivity contribution in [2.45, 2.75) is 50.2 Å². The molecule has 2 aliphatic rings. The second-order valence-corrected chi connectivity index (χ2v) is 6.86. The van der Waals surface area contributed by atoms with Gasteiger partial charge in [-0.1, -0.05) is 42.1 Å². The van der Waals surface area contributed by atoms with Crippen LogP contribution in [0.25, 0.3) is 0 Å². The van der Waals surface area contributed by atoms with Crippen LogP contribution in [0.3, 0.4) is 0 Å². The Labute approximate surface area is 145 Å². The summed E-state index contributed by atoms with van der Waals surface area (Å²) in [6.45, 7) is 0. The molecular formula is C16H19Cl2N3O2. The van der Waals surface area contributed by atoms with Crippen LogP contribution in [0.1, 0.15) is 32.1 Å². The summed E-state index contributed by atoms with van der Waals surface area (Å²) in [5.41, 5.74) is 0.455. The smallest absolute Gasteiger partial charge is 0.237 e. The standard InChI is InChI=1S/C16H19Cl2N3O2/c17-9-4-3-7-12(15(9)18)20-14(22)8-13-16(23)21-11-6-2-1-5-10(11)19-13/h3-4,7,10-11,13,19H,1-2,5-6,8H2,(H,20,22)(H,21,23). The Morgan fingerprint density at radius 1 is 1.22 bits per heavy atom. The van der Waals surface area contributed by atoms with Gasteiger partial charge in [-0.2, -0.15) is 0 Å². The number of amides is 2. The number of halogens is 2. The molecule has 1 saturated carbocycles. The van der Waals surface area contributed by atoms with Crippen LogP contribution in [-0.2, 0) is 9.59 Å². The maximum Gasteiger partial charge on any atom is 0.237 e. The molecule has 1 aliphatic carbocycles. The van der Waals surface area contributed by atoms with E-state index >= 15 is 0 Å². The first-order valence-corrected chi connectivity index (χ1v) is 8.60. The van der Waals surface area contributed by atoms with Gasteiger partial charge in [0.2, 0.25) is 11.8 Å². The van der Waals surface area contributed by atoms with Gasteiger partial charge in [0.15, 0.2) is 0 Å². The van der Waals surface area contributed by atoms with Gasteiger partial charge in [-0.3, -0.25) is 9.59 Å². The van der Waals surface area contributed by atoms with Crippen LogP contribution in [0.15, 0.2) is 18.2 Å². The van der Waals surface area contributed by atoms with Gasteiger partial charge in [0.25, 0.3) is 0 Å². The van der Waals surface area contributed by atoms with Gasteiger partial charge in [0, 0.05) is 12.1 Å². The van der Waals surface area contributed by atoms with E-state index in [1.165, 1.54) is 0 Å². The molecule has 3 atom stereocenters. The van der Waals surface area contributed by atoms with Crippen LogP contribution >= 0.6 is 23.2 Å². The SMILES string of the molecule is O=C(CC1NC2CCCCC2NC1=O)Nc1cccc(Cl)c1Cl. The number of carbonyl (C=O) groups excluding carboxylic acids is 2. The fourth-order valence-corrected chi connectivity index (χ4v) is 3.61. The van der Waals surface area contributed by atoms with Crippen molar-refractivity contribution in [3.63, 3.8) is 0 Å². The lowest BCUT2D eigenvalue weighted by Crippen LogP contribution is -2.65. The minimum absolute atomic E-state index is 0.0674. The van der Waals surface area contributed by atoms with Gasteiger partial charge in [-0.25, -0.2) is 0 Å². The van der Waals surface area contributed by atoms with Gasteiger partial charge in [0.1, 0.15) is 0 Å². The first-order chi connectivity index (χ1) is 11.0. The highest BCUT2D eigenvalue weighted by atomic mass is 35.5. The van der Waals surface area contributed by atoms with Gasteiger partial charge in [0.05, 0.1) is 28.2 Å². The quantitative estimate of drug-likeness (QED) is 0.780. The maximum atomic E-state index is 12.2. The number of piperazine rings is 1. The molecule has 0 bridgehead atoms. The molecular weight excluding hydrogens is 337 g/mol. The van der Waals surface area contributed by atoms with Crippen molar-refractivity contribution in [2.24, 2.45) is 0 Å². The summed E-state index contributed by atoms with van der Waals surface area (Å²) in [6, 6.07) is 4.98. The van der Waals surface area contributed by atoms with Gasteiger partial charge >= 0.3 is 0 Å². The van der Waals surface area contributed by atoms with E-state index in [-0.39, 0.29) is 30.3 Å². The van der Waals surface area contributed by atoms with Crippen molar-refractivity contribution >= 4 is 40.7 Å². The molecule has 3 unspecified atom stereocenters. The van der Waals surface area contributed by atoms with Crippen molar-refractivity contribution in [1.82, 2.24) is 10.6 Å². The fraction of sp³-hybridized carbons (Fsp3) is 0.500. The number of carbonyl (C=O) groups is 2. The molecule has 0 radical (unpaired) electrons. The number of anilines is 1. The summed E-state index contributed by atoms with van der Waals surface area (Å²) < 4.78 is 0. The first kappa shape index (κ1) is 16.6. The zero-order valence-electron chi connectivity index (χ0n) is 12.6. The molecule has 1 heterocycles. The minimum atomic E-state index is -0.507. The predicted octanol–water partition coefficient (Wildman–Crippen LogP) is 2.72. The van der Waals surface area contributed by atoms with Crippen molar-refractivity contribution in [3.8, 4) is 0 Å². The highest BCUT2D eigenvalue weighted by Gasteiger charge is 2.36. The Morgan fingerprint density at radius 2 is 1.96 bits per heavy atom. The molecule has 1 aromatic carbocycles. The molecule has 2 amide bonds. The topological polar surface area (TPSA) is 70.2 Å². The van der Waals surface area contributed by atoms with E-state index in [2.05, 4.69) is 16.0 Å². The van der Waals surface area contributed by atoms with Crippen molar-refractivity contribution in [3.05, 3.63) is 28.2 Å². The van der Waals surface area contributed by atoms with Crippen LogP contribution < -0.4 is 16.0 Å². The summed E-state index contributed by atoms with van der Waals surface area (Å²) in [5.74, 6) is -0.378. The summed E-state index contributed by atoms with van der Waals surface area (Å²) in [5, 5.41) is 9.74. The summed E-state index contributed by atoms with van der Waals surface area (Å²) in [4.78, 5) is 24.4. The zero-order chi connectivity index (χ0) is 16.4. The number of rotatable bonds is 3. The highest BCUT2D eigenvalue weighted by Crippen LogP contribution is 2.29. The molecule has 5 nitrogen and oxygen atoms in total. The number of nitrogens with one attached hydrogen (secondary N) is 3. The summed E-state index contributed by atoms with van der Waals surface area (Å²) in [7, 11) is 0. The fourth-order valence-electron chi connectivity index (χ4n) is 3.26. The lowest BCUT2D eigenvalue weighted by molar-refractivity contribution is -0.129. The van der Waals surface area contributed by atoms with E-state index < -0.39 is 6.04 Å². The normalized spacial score (nSPS) is 27.0. The second kappa shape index (κ2) is 7.07. The molecule has 0 spiro atoms. The van der Waals surface area contributed by atoms with Gasteiger partial charge in [-0.15, -0.1) is 0 Å². The van der Waals surface area contributed by atoms with Crippen molar-refractivity contribution < 1.29 is 9.59 Å². The van der Waals surface area contributed by atoms with Crippen LogP contribution in [0.2, 0.25) is 10.0 Å². The van der Waals surface area contributed by atoms with E-state index in [4.69, 9.17) is 23.2 Å². The maximum absolute atomic E-state index is 12.2. The molecule has 1 aliphatic heterocycles. The van der Waals surface area contributed by atoms with E-state index in [1.54, 1.807) is 18.2 Å². The molecule has 3 N–H and O–H groups in total. The van der Waals surface area contributed by atoms with E-state index in [1.807, 2.05) is 0 Å². The largest absolute Gasteiger partial charge is 0.350 e. The second-order valence-electron chi connectivity index (χ2n) is 6.08. The third-order valence-corrected chi connectivity index (χ3v) is 5.26. The monoisotopic (exact) mass is 355 g/mol. The van der Waals surface area contributed by atoms with Crippen molar-refractivity contribution in [2.75, 3.05) is 5.32 Å². The Bertz CT molecular complexity index is 623. The molecule has 2 fully saturated rings. The molecule has 1 aromatic rings. The Balaban J connectivity index is 1.61. The summed E-state index contributed by atoms with van der Waals surface area (Å²) in [6.07, 6.45) is 4.39. The van der Waals surface area contributed by atoms with Crippen molar-refractivity contribution in [1.29, 1.82) is 0 Å². The average Bonchev–Trinajstić information content (AvgIpc) is 2.52. The highest BCUT2D eigenvalue weighted by molar-refractivity contribution is 6.44. The van der Waals surface area contributed by atoms with Gasteiger partial charge in [-0.05, 0) is 25.0 Å². The third-order valence-electron chi connectivity index (χ3n) is 4.44. The minimum Gasteiger partial charge on any atom is -0.350 e.